The summed E-state index contributed by atoms with van der Waals surface area (Å²) in [6.45, 7) is 2.76. The highest BCUT2D eigenvalue weighted by molar-refractivity contribution is 9.11. The molecule has 26 heavy (non-hydrogen) atoms. The van der Waals surface area contributed by atoms with Crippen molar-refractivity contribution < 1.29 is 18.0 Å². The molecule has 0 bridgehead atoms. The van der Waals surface area contributed by atoms with Crippen LogP contribution in [0.25, 0.3) is 10.2 Å². The van der Waals surface area contributed by atoms with Gasteiger partial charge in [-0.1, -0.05) is 19.1 Å². The Hall–Kier alpha value is -1.80. The molecule has 0 aliphatic carbocycles. The summed E-state index contributed by atoms with van der Waals surface area (Å²) in [5, 5.41) is 2.72. The minimum Gasteiger partial charge on any atom is -0.347 e. The number of amides is 1. The molecular formula is C18H16BrF3N2OS. The monoisotopic (exact) mass is 444 g/mol. The highest BCUT2D eigenvalue weighted by Crippen LogP contribution is 2.33. The van der Waals surface area contributed by atoms with E-state index in [1.165, 1.54) is 6.07 Å². The minimum absolute atomic E-state index is 0.0391. The Labute approximate surface area is 160 Å². The maximum Gasteiger partial charge on any atom is 0.416 e. The first-order valence-corrected chi connectivity index (χ1v) is 9.63. The van der Waals surface area contributed by atoms with Crippen LogP contribution in [-0.4, -0.2) is 10.5 Å². The molecule has 0 atom stereocenters. The van der Waals surface area contributed by atoms with Crippen LogP contribution in [-0.2, 0) is 19.3 Å². The molecule has 0 spiro atoms. The molecular weight excluding hydrogens is 429 g/mol. The minimum atomic E-state index is -4.40. The van der Waals surface area contributed by atoms with E-state index < -0.39 is 11.7 Å². The van der Waals surface area contributed by atoms with Gasteiger partial charge in [-0.2, -0.15) is 13.2 Å². The van der Waals surface area contributed by atoms with E-state index in [0.717, 1.165) is 32.6 Å². The van der Waals surface area contributed by atoms with Crippen LogP contribution < -0.4 is 5.32 Å². The summed E-state index contributed by atoms with van der Waals surface area (Å²) in [5.74, 6) is -0.296. The van der Waals surface area contributed by atoms with Gasteiger partial charge in [-0.05, 0) is 52.2 Å². The predicted octanol–water partition coefficient (Wildman–Crippen LogP) is 5.82. The molecule has 8 heteroatoms. The Morgan fingerprint density at radius 1 is 1.27 bits per heavy atom. The molecule has 3 aromatic rings. The van der Waals surface area contributed by atoms with Crippen molar-refractivity contribution in [2.45, 2.75) is 32.6 Å². The quantitative estimate of drug-likeness (QED) is 0.528. The van der Waals surface area contributed by atoms with Crippen LogP contribution in [0.4, 0.5) is 13.2 Å². The number of fused-ring (bicyclic) bond motifs is 1. The third-order valence-corrected chi connectivity index (χ3v) is 5.52. The predicted molar refractivity (Wildman–Crippen MR) is 100 cm³/mol. The molecule has 0 saturated heterocycles. The number of aryl methyl sites for hydroxylation is 1. The standard InChI is InChI=1S/C18H16BrF3N2OS/c1-2-6-24-13-9-16(19)26-15(13)8-14(24)17(25)23-10-11-4-3-5-12(7-11)18(20,21)22/h3-5,7-9H,2,6,10H2,1H3,(H,23,25). The average Bonchev–Trinajstić information content (AvgIpc) is 3.10. The normalized spacial score (nSPS) is 11.9. The number of thiophene rings is 1. The average molecular weight is 445 g/mol. The molecule has 1 N–H and O–H groups in total. The molecule has 1 aromatic carbocycles. The van der Waals surface area contributed by atoms with Crippen molar-refractivity contribution in [1.29, 1.82) is 0 Å². The van der Waals surface area contributed by atoms with Crippen molar-refractivity contribution in [2.24, 2.45) is 0 Å². The molecule has 0 aliphatic rings. The maximum absolute atomic E-state index is 12.8. The van der Waals surface area contributed by atoms with Gasteiger partial charge in [0.05, 0.1) is 19.6 Å². The van der Waals surface area contributed by atoms with E-state index >= 15 is 0 Å². The van der Waals surface area contributed by atoms with E-state index in [9.17, 15) is 18.0 Å². The van der Waals surface area contributed by atoms with Crippen molar-refractivity contribution in [2.75, 3.05) is 0 Å². The number of nitrogens with one attached hydrogen (secondary N) is 1. The van der Waals surface area contributed by atoms with Gasteiger partial charge in [-0.3, -0.25) is 4.79 Å². The Balaban J connectivity index is 1.79. The van der Waals surface area contributed by atoms with Crippen molar-refractivity contribution >= 4 is 43.4 Å². The van der Waals surface area contributed by atoms with Crippen LogP contribution in [0.1, 0.15) is 35.0 Å². The summed E-state index contributed by atoms with van der Waals surface area (Å²) >= 11 is 4.99. The Morgan fingerprint density at radius 3 is 2.73 bits per heavy atom. The first-order valence-electron chi connectivity index (χ1n) is 8.02. The second kappa shape index (κ2) is 7.44. The van der Waals surface area contributed by atoms with Crippen LogP contribution >= 0.6 is 27.3 Å². The van der Waals surface area contributed by atoms with Crippen LogP contribution in [0, 0.1) is 0 Å². The van der Waals surface area contributed by atoms with Gasteiger partial charge in [-0.15, -0.1) is 11.3 Å². The zero-order chi connectivity index (χ0) is 18.9. The van der Waals surface area contributed by atoms with E-state index in [4.69, 9.17) is 0 Å². The summed E-state index contributed by atoms with van der Waals surface area (Å²) in [6.07, 6.45) is -3.53. The summed E-state index contributed by atoms with van der Waals surface area (Å²) in [4.78, 5) is 12.6. The highest BCUT2D eigenvalue weighted by Gasteiger charge is 2.30. The molecule has 3 rings (SSSR count). The van der Waals surface area contributed by atoms with Crippen molar-refractivity contribution in [3.05, 3.63) is 57.0 Å². The second-order valence-electron chi connectivity index (χ2n) is 5.86. The van der Waals surface area contributed by atoms with Crippen LogP contribution in [0.3, 0.4) is 0 Å². The largest absolute Gasteiger partial charge is 0.416 e. The molecule has 1 amide bonds. The molecule has 0 radical (unpaired) electrons. The first-order chi connectivity index (χ1) is 12.3. The molecule has 0 unspecified atom stereocenters. The van der Waals surface area contributed by atoms with Gasteiger partial charge in [0.1, 0.15) is 5.69 Å². The van der Waals surface area contributed by atoms with Gasteiger partial charge >= 0.3 is 6.18 Å². The molecule has 0 fully saturated rings. The summed E-state index contributed by atoms with van der Waals surface area (Å²) in [6, 6.07) is 8.78. The lowest BCUT2D eigenvalue weighted by atomic mass is 10.1. The molecule has 0 aliphatic heterocycles. The summed E-state index contributed by atoms with van der Waals surface area (Å²) in [5.41, 5.74) is 1.19. The third-order valence-electron chi connectivity index (χ3n) is 3.95. The maximum atomic E-state index is 12.8. The number of carbonyl (C=O) groups excluding carboxylic acids is 1. The zero-order valence-corrected chi connectivity index (χ0v) is 16.3. The molecule has 0 saturated carbocycles. The first kappa shape index (κ1) is 19.0. The van der Waals surface area contributed by atoms with E-state index in [2.05, 4.69) is 21.2 Å². The number of benzene rings is 1. The number of rotatable bonds is 5. The number of hydrogen-bond donors (Lipinski definition) is 1. The van der Waals surface area contributed by atoms with E-state index in [-0.39, 0.29) is 12.5 Å². The lowest BCUT2D eigenvalue weighted by Gasteiger charge is -2.11. The van der Waals surface area contributed by atoms with Gasteiger partial charge in [0.15, 0.2) is 0 Å². The third kappa shape index (κ3) is 3.96. The van der Waals surface area contributed by atoms with Crippen molar-refractivity contribution in [1.82, 2.24) is 9.88 Å². The number of nitrogens with zero attached hydrogens (tertiary/aromatic N) is 1. The van der Waals surface area contributed by atoms with Crippen molar-refractivity contribution in [3.63, 3.8) is 0 Å². The Kier molecular flexibility index (Phi) is 5.43. The summed E-state index contributed by atoms with van der Waals surface area (Å²) in [7, 11) is 0. The molecule has 3 nitrogen and oxygen atoms in total. The van der Waals surface area contributed by atoms with E-state index in [1.807, 2.05) is 23.6 Å². The van der Waals surface area contributed by atoms with Crippen LogP contribution in [0.5, 0.6) is 0 Å². The van der Waals surface area contributed by atoms with Gasteiger partial charge in [-0.25, -0.2) is 0 Å². The number of aromatic nitrogens is 1. The fraction of sp³-hybridized carbons (Fsp3) is 0.278. The molecule has 2 heterocycles. The lowest BCUT2D eigenvalue weighted by Crippen LogP contribution is -2.25. The highest BCUT2D eigenvalue weighted by atomic mass is 79.9. The number of alkyl halides is 3. The zero-order valence-electron chi connectivity index (χ0n) is 13.9. The molecule has 138 valence electrons. The van der Waals surface area contributed by atoms with Gasteiger partial charge in [0.2, 0.25) is 0 Å². The van der Waals surface area contributed by atoms with Gasteiger partial charge in [0, 0.05) is 13.1 Å². The van der Waals surface area contributed by atoms with Crippen molar-refractivity contribution in [3.8, 4) is 0 Å². The number of hydrogen-bond acceptors (Lipinski definition) is 2. The molecule has 2 aromatic heterocycles. The lowest BCUT2D eigenvalue weighted by molar-refractivity contribution is -0.137. The second-order valence-corrected chi connectivity index (χ2v) is 8.33. The summed E-state index contributed by atoms with van der Waals surface area (Å²) < 4.78 is 42.3. The van der Waals surface area contributed by atoms with Gasteiger partial charge in [0.25, 0.3) is 5.91 Å². The fourth-order valence-corrected chi connectivity index (χ4v) is 4.36. The van der Waals surface area contributed by atoms with E-state index in [0.29, 0.717) is 17.8 Å². The van der Waals surface area contributed by atoms with Crippen LogP contribution in [0.15, 0.2) is 40.2 Å². The number of carbonyl (C=O) groups is 1. The smallest absolute Gasteiger partial charge is 0.347 e. The Morgan fingerprint density at radius 2 is 2.04 bits per heavy atom. The topological polar surface area (TPSA) is 34.0 Å². The van der Waals surface area contributed by atoms with Crippen LogP contribution in [0.2, 0.25) is 0 Å². The SMILES string of the molecule is CCCn1c(C(=O)NCc2cccc(C(F)(F)F)c2)cc2sc(Br)cc21. The Bertz CT molecular complexity index is 946. The van der Waals surface area contributed by atoms with Gasteiger partial charge < -0.3 is 9.88 Å². The number of halogens is 4. The fourth-order valence-electron chi connectivity index (χ4n) is 2.79. The van der Waals surface area contributed by atoms with E-state index in [1.54, 1.807) is 17.4 Å².